The van der Waals surface area contributed by atoms with E-state index in [1.807, 2.05) is 66.3 Å². The van der Waals surface area contributed by atoms with Crippen molar-refractivity contribution < 1.29 is 9.53 Å². The predicted molar refractivity (Wildman–Crippen MR) is 140 cm³/mol. The van der Waals surface area contributed by atoms with Gasteiger partial charge in [-0.1, -0.05) is 42.6 Å². The molecule has 0 amide bonds. The quantitative estimate of drug-likeness (QED) is 0.172. The zero-order chi connectivity index (χ0) is 24.5. The third-order valence-electron chi connectivity index (χ3n) is 5.40. The molecule has 0 saturated heterocycles. The number of nitrogens with one attached hydrogen (secondary N) is 2. The Bertz CT molecular complexity index is 1280. The molecule has 0 spiro atoms. The number of hydrogen-bond donors (Lipinski definition) is 2. The number of aromatic nitrogens is 4. The molecule has 0 atom stereocenters. The molecule has 2 N–H and O–H groups in total. The Morgan fingerprint density at radius 3 is 2.71 bits per heavy atom. The van der Waals surface area contributed by atoms with Crippen LogP contribution in [0.3, 0.4) is 0 Å². The molecule has 4 aromatic rings. The molecule has 2 aromatic heterocycles. The molecule has 0 bridgehead atoms. The number of benzene rings is 2. The van der Waals surface area contributed by atoms with E-state index in [1.165, 1.54) is 0 Å². The number of esters is 1. The van der Waals surface area contributed by atoms with Crippen molar-refractivity contribution in [3.05, 3.63) is 65.9 Å². The van der Waals surface area contributed by atoms with Gasteiger partial charge in [-0.05, 0) is 50.1 Å². The highest BCUT2D eigenvalue weighted by atomic mass is 35.5. The van der Waals surface area contributed by atoms with Crippen LogP contribution in [0.1, 0.15) is 39.0 Å². The van der Waals surface area contributed by atoms with Crippen molar-refractivity contribution in [1.29, 1.82) is 0 Å². The van der Waals surface area contributed by atoms with E-state index in [2.05, 4.69) is 20.7 Å². The Balaban J connectivity index is 1.36. The van der Waals surface area contributed by atoms with Crippen molar-refractivity contribution in [2.75, 3.05) is 17.2 Å². The van der Waals surface area contributed by atoms with Gasteiger partial charge < -0.3 is 15.4 Å². The van der Waals surface area contributed by atoms with Crippen LogP contribution in [0.4, 0.5) is 23.1 Å². The van der Waals surface area contributed by atoms with Crippen molar-refractivity contribution in [1.82, 2.24) is 19.7 Å². The second kappa shape index (κ2) is 12.2. The number of para-hydroxylation sites is 1. The Morgan fingerprint density at radius 1 is 1.00 bits per heavy atom. The van der Waals surface area contributed by atoms with Crippen molar-refractivity contribution in [3.63, 3.8) is 0 Å². The van der Waals surface area contributed by atoms with Crippen molar-refractivity contribution in [2.45, 2.75) is 45.6 Å². The molecule has 0 aliphatic heterocycles. The average Bonchev–Trinajstić information content (AvgIpc) is 3.28. The van der Waals surface area contributed by atoms with Crippen molar-refractivity contribution >= 4 is 51.6 Å². The molecule has 0 unspecified atom stereocenters. The first kappa shape index (κ1) is 24.5. The average molecular weight is 493 g/mol. The lowest BCUT2D eigenvalue weighted by molar-refractivity contribution is -0.143. The number of carbonyl (C=O) groups is 1. The molecule has 35 heavy (non-hydrogen) atoms. The second-order valence-electron chi connectivity index (χ2n) is 8.13. The number of unbranched alkanes of at least 4 members (excludes halogenated alkanes) is 3. The van der Waals surface area contributed by atoms with E-state index in [0.29, 0.717) is 29.8 Å². The number of anilines is 4. The smallest absolute Gasteiger partial charge is 0.305 e. The minimum Gasteiger partial charge on any atom is -0.466 e. The fourth-order valence-corrected chi connectivity index (χ4v) is 3.93. The largest absolute Gasteiger partial charge is 0.466 e. The van der Waals surface area contributed by atoms with Crippen LogP contribution in [0.25, 0.3) is 10.9 Å². The molecule has 2 aromatic carbocycles. The minimum atomic E-state index is -0.114. The normalized spacial score (nSPS) is 10.9. The third-order valence-corrected chi connectivity index (χ3v) is 5.64. The van der Waals surface area contributed by atoms with Gasteiger partial charge in [0.1, 0.15) is 5.82 Å². The molecule has 0 fully saturated rings. The summed E-state index contributed by atoms with van der Waals surface area (Å²) >= 11 is 6.14. The van der Waals surface area contributed by atoms with Gasteiger partial charge in [0.05, 0.1) is 24.0 Å². The van der Waals surface area contributed by atoms with E-state index in [1.54, 1.807) is 6.20 Å². The van der Waals surface area contributed by atoms with E-state index in [9.17, 15) is 4.79 Å². The molecule has 9 heteroatoms. The number of nitrogens with zero attached hydrogens (tertiary/aromatic N) is 4. The Hall–Kier alpha value is -3.65. The van der Waals surface area contributed by atoms with Crippen LogP contribution < -0.4 is 10.6 Å². The van der Waals surface area contributed by atoms with E-state index in [-0.39, 0.29) is 5.97 Å². The van der Waals surface area contributed by atoms with Crippen LogP contribution in [-0.2, 0) is 16.1 Å². The lowest BCUT2D eigenvalue weighted by Crippen LogP contribution is -2.03. The summed E-state index contributed by atoms with van der Waals surface area (Å²) < 4.78 is 6.86. The lowest BCUT2D eigenvalue weighted by atomic mass is 10.1. The zero-order valence-corrected chi connectivity index (χ0v) is 20.5. The Morgan fingerprint density at radius 2 is 1.86 bits per heavy atom. The summed E-state index contributed by atoms with van der Waals surface area (Å²) in [6.45, 7) is 3.08. The van der Waals surface area contributed by atoms with E-state index >= 15 is 0 Å². The molecule has 0 radical (unpaired) electrons. The molecule has 0 saturated carbocycles. The summed E-state index contributed by atoms with van der Waals surface area (Å²) in [6, 6.07) is 15.4. The predicted octanol–water partition coefficient (Wildman–Crippen LogP) is 6.48. The van der Waals surface area contributed by atoms with E-state index < -0.39 is 0 Å². The molecule has 0 aliphatic rings. The standard InChI is InChI=1S/C26H29ClN6O2/c1-2-35-24(34)14-5-3-4-8-15-33-18-21(17-28-33)30-26-31-23-13-7-6-12-22(23)25(32-26)29-20-11-9-10-19(27)16-20/h6-7,9-13,16-18H,2-5,8,14-15H2,1H3,(H2,29,30,31,32). The van der Waals surface area contributed by atoms with Gasteiger partial charge in [0.2, 0.25) is 5.95 Å². The Labute approximate surface area is 209 Å². The van der Waals surface area contributed by atoms with Gasteiger partial charge in [0, 0.05) is 35.3 Å². The minimum absolute atomic E-state index is 0.114. The van der Waals surface area contributed by atoms with Gasteiger partial charge in [-0.15, -0.1) is 0 Å². The summed E-state index contributed by atoms with van der Waals surface area (Å²) in [5.41, 5.74) is 2.49. The monoisotopic (exact) mass is 492 g/mol. The number of carbonyl (C=O) groups excluding carboxylic acids is 1. The first-order chi connectivity index (χ1) is 17.1. The highest BCUT2D eigenvalue weighted by Crippen LogP contribution is 2.27. The van der Waals surface area contributed by atoms with Crippen LogP contribution in [0.15, 0.2) is 60.9 Å². The number of hydrogen-bond acceptors (Lipinski definition) is 7. The fraction of sp³-hybridized carbons (Fsp3) is 0.308. The maximum Gasteiger partial charge on any atom is 0.305 e. The summed E-state index contributed by atoms with van der Waals surface area (Å²) in [6.07, 6.45) is 8.08. The van der Waals surface area contributed by atoms with Crippen LogP contribution in [0, 0.1) is 0 Å². The van der Waals surface area contributed by atoms with Gasteiger partial charge in [-0.3, -0.25) is 9.48 Å². The highest BCUT2D eigenvalue weighted by Gasteiger charge is 2.10. The number of aryl methyl sites for hydroxylation is 1. The molecule has 8 nitrogen and oxygen atoms in total. The number of ether oxygens (including phenoxy) is 1. The molecular formula is C26H29ClN6O2. The number of fused-ring (bicyclic) bond motifs is 1. The van der Waals surface area contributed by atoms with Gasteiger partial charge in [-0.2, -0.15) is 10.1 Å². The van der Waals surface area contributed by atoms with Crippen molar-refractivity contribution in [3.8, 4) is 0 Å². The zero-order valence-electron chi connectivity index (χ0n) is 19.7. The SMILES string of the molecule is CCOC(=O)CCCCCCn1cc(Nc2nc(Nc3cccc(Cl)c3)c3ccccc3n2)cn1. The lowest BCUT2D eigenvalue weighted by Gasteiger charge is -2.11. The van der Waals surface area contributed by atoms with Gasteiger partial charge in [0.15, 0.2) is 0 Å². The highest BCUT2D eigenvalue weighted by molar-refractivity contribution is 6.30. The first-order valence-corrected chi connectivity index (χ1v) is 12.2. The molecule has 4 rings (SSSR count). The second-order valence-corrected chi connectivity index (χ2v) is 8.57. The molecule has 0 aliphatic carbocycles. The van der Waals surface area contributed by atoms with Gasteiger partial charge in [0.25, 0.3) is 0 Å². The van der Waals surface area contributed by atoms with Crippen LogP contribution in [0.5, 0.6) is 0 Å². The van der Waals surface area contributed by atoms with E-state index in [4.69, 9.17) is 21.3 Å². The van der Waals surface area contributed by atoms with Gasteiger partial charge in [-0.25, -0.2) is 4.98 Å². The molecule has 2 heterocycles. The summed E-state index contributed by atoms with van der Waals surface area (Å²) in [4.78, 5) is 20.7. The summed E-state index contributed by atoms with van der Waals surface area (Å²) in [5, 5.41) is 12.6. The van der Waals surface area contributed by atoms with Crippen LogP contribution in [0.2, 0.25) is 5.02 Å². The topological polar surface area (TPSA) is 94.0 Å². The molecule has 182 valence electrons. The van der Waals surface area contributed by atoms with Crippen LogP contribution >= 0.6 is 11.6 Å². The first-order valence-electron chi connectivity index (χ1n) is 11.8. The maximum absolute atomic E-state index is 11.4. The summed E-state index contributed by atoms with van der Waals surface area (Å²) in [5.74, 6) is 1.06. The number of rotatable bonds is 12. The van der Waals surface area contributed by atoms with Crippen molar-refractivity contribution in [2.24, 2.45) is 0 Å². The van der Waals surface area contributed by atoms with Gasteiger partial charge >= 0.3 is 5.97 Å². The number of halogens is 1. The fourth-order valence-electron chi connectivity index (χ4n) is 3.74. The van der Waals surface area contributed by atoms with Crippen LogP contribution in [-0.4, -0.2) is 32.3 Å². The Kier molecular flexibility index (Phi) is 8.51. The third kappa shape index (κ3) is 7.16. The van der Waals surface area contributed by atoms with E-state index in [0.717, 1.165) is 54.5 Å². The molecular weight excluding hydrogens is 464 g/mol. The maximum atomic E-state index is 11.4. The summed E-state index contributed by atoms with van der Waals surface area (Å²) in [7, 11) is 0.